The van der Waals surface area contributed by atoms with Crippen LogP contribution in [-0.4, -0.2) is 35.1 Å². The third kappa shape index (κ3) is 8.68. The number of nitrogens with one attached hydrogen (secondary N) is 3. The van der Waals surface area contributed by atoms with Crippen molar-refractivity contribution in [3.63, 3.8) is 0 Å². The molecule has 0 aliphatic heterocycles. The van der Waals surface area contributed by atoms with E-state index >= 15 is 0 Å². The lowest BCUT2D eigenvalue weighted by atomic mass is 10.0. The van der Waals surface area contributed by atoms with Gasteiger partial charge in [-0.15, -0.1) is 0 Å². The number of carboxylic acid groups (broad SMARTS) is 1. The van der Waals surface area contributed by atoms with E-state index in [1.54, 1.807) is 42.5 Å². The predicted octanol–water partition coefficient (Wildman–Crippen LogP) is 4.79. The number of rotatable bonds is 12. The van der Waals surface area contributed by atoms with Crippen LogP contribution in [0.3, 0.4) is 0 Å². The van der Waals surface area contributed by atoms with Gasteiger partial charge in [-0.2, -0.15) is 0 Å². The maximum absolute atomic E-state index is 12.8. The van der Waals surface area contributed by atoms with E-state index in [0.29, 0.717) is 35.2 Å². The Labute approximate surface area is 215 Å². The number of carbonyl (C=O) groups is 3. The fourth-order valence-electron chi connectivity index (χ4n) is 3.69. The van der Waals surface area contributed by atoms with Crippen LogP contribution in [0, 0.1) is 5.92 Å². The van der Waals surface area contributed by atoms with E-state index in [1.165, 1.54) is 13.3 Å². The molecule has 1 aromatic heterocycles. The zero-order valence-electron chi connectivity index (χ0n) is 21.1. The van der Waals surface area contributed by atoms with Crippen LogP contribution < -0.4 is 20.7 Å². The van der Waals surface area contributed by atoms with Gasteiger partial charge in [-0.25, -0.2) is 9.78 Å². The number of carbonyl (C=O) groups excluding carboxylic acids is 2. The molecule has 4 N–H and O–H groups in total. The van der Waals surface area contributed by atoms with E-state index < -0.39 is 18.0 Å². The van der Waals surface area contributed by atoms with Crippen LogP contribution in [0.4, 0.5) is 16.2 Å². The number of oxazole rings is 1. The van der Waals surface area contributed by atoms with Crippen LogP contribution in [0.25, 0.3) is 0 Å². The Hall–Kier alpha value is -4.34. The lowest BCUT2D eigenvalue weighted by molar-refractivity contribution is -0.137. The number of aromatic nitrogens is 1. The number of benzene rings is 2. The van der Waals surface area contributed by atoms with Crippen LogP contribution in [0.15, 0.2) is 59.1 Å². The lowest BCUT2D eigenvalue weighted by Crippen LogP contribution is -2.31. The molecule has 0 bridgehead atoms. The second-order valence-corrected chi connectivity index (χ2v) is 8.96. The zero-order valence-corrected chi connectivity index (χ0v) is 21.1. The predicted molar refractivity (Wildman–Crippen MR) is 139 cm³/mol. The number of para-hydroxylation sites is 2. The number of urea groups is 1. The fraction of sp³-hybridized carbons (Fsp3) is 0.333. The highest BCUT2D eigenvalue weighted by molar-refractivity contribution is 6.00. The molecule has 3 aromatic rings. The molecule has 0 aliphatic rings. The van der Waals surface area contributed by atoms with Gasteiger partial charge in [0.05, 0.1) is 31.8 Å². The molecule has 0 fully saturated rings. The molecule has 196 valence electrons. The van der Waals surface area contributed by atoms with Crippen molar-refractivity contribution in [3.8, 4) is 5.75 Å². The van der Waals surface area contributed by atoms with Crippen molar-refractivity contribution in [3.05, 3.63) is 71.9 Å². The molecule has 3 rings (SSSR count). The van der Waals surface area contributed by atoms with Crippen molar-refractivity contribution in [2.24, 2.45) is 5.92 Å². The van der Waals surface area contributed by atoms with E-state index in [4.69, 9.17) is 14.3 Å². The Morgan fingerprint density at radius 1 is 1.05 bits per heavy atom. The van der Waals surface area contributed by atoms with Crippen molar-refractivity contribution in [1.82, 2.24) is 10.3 Å². The Balaban J connectivity index is 1.56. The highest BCUT2D eigenvalue weighted by atomic mass is 16.5. The second kappa shape index (κ2) is 13.1. The minimum atomic E-state index is -0.914. The summed E-state index contributed by atoms with van der Waals surface area (Å²) in [6.07, 6.45) is 2.45. The summed E-state index contributed by atoms with van der Waals surface area (Å²) in [5.41, 5.74) is 1.89. The van der Waals surface area contributed by atoms with Gasteiger partial charge in [-0.05, 0) is 42.2 Å². The summed E-state index contributed by atoms with van der Waals surface area (Å²) in [7, 11) is 1.53. The molecule has 1 atom stereocenters. The Morgan fingerprint density at radius 2 is 1.78 bits per heavy atom. The van der Waals surface area contributed by atoms with Gasteiger partial charge in [0.2, 0.25) is 11.8 Å². The van der Waals surface area contributed by atoms with E-state index in [0.717, 1.165) is 5.56 Å². The third-order valence-corrected chi connectivity index (χ3v) is 5.43. The maximum Gasteiger partial charge on any atom is 0.323 e. The second-order valence-electron chi connectivity index (χ2n) is 8.96. The molecule has 0 radical (unpaired) electrons. The highest BCUT2D eigenvalue weighted by Gasteiger charge is 2.21. The quantitative estimate of drug-likeness (QED) is 0.275. The number of methoxy groups -OCH3 is 1. The Bertz CT molecular complexity index is 1210. The largest absolute Gasteiger partial charge is 0.495 e. The first-order valence-electron chi connectivity index (χ1n) is 12.0. The summed E-state index contributed by atoms with van der Waals surface area (Å²) in [4.78, 5) is 40.2. The molecule has 2 aromatic carbocycles. The van der Waals surface area contributed by atoms with E-state index in [1.807, 2.05) is 19.9 Å². The van der Waals surface area contributed by atoms with Gasteiger partial charge >= 0.3 is 12.0 Å². The molecule has 10 heteroatoms. The maximum atomic E-state index is 12.8. The molecule has 0 saturated carbocycles. The number of amides is 3. The van der Waals surface area contributed by atoms with Gasteiger partial charge in [0, 0.05) is 12.1 Å². The van der Waals surface area contributed by atoms with Crippen molar-refractivity contribution in [2.75, 3.05) is 17.7 Å². The fourth-order valence-corrected chi connectivity index (χ4v) is 3.69. The van der Waals surface area contributed by atoms with Gasteiger partial charge in [0.15, 0.2) is 0 Å². The normalized spacial score (nSPS) is 11.6. The van der Waals surface area contributed by atoms with Crippen LogP contribution >= 0.6 is 0 Å². The SMILES string of the molecule is COc1ccccc1NC(=O)Nc1ccc(CC(=O)NC(CC(C)C)c2ncc(CCC(=O)O)o2)cc1. The van der Waals surface area contributed by atoms with Crippen LogP contribution in [0.1, 0.15) is 49.9 Å². The summed E-state index contributed by atoms with van der Waals surface area (Å²) in [6.45, 7) is 4.06. The summed E-state index contributed by atoms with van der Waals surface area (Å²) < 4.78 is 10.9. The average molecular weight is 509 g/mol. The molecular weight excluding hydrogens is 476 g/mol. The molecule has 0 spiro atoms. The Kier molecular flexibility index (Phi) is 9.65. The topological polar surface area (TPSA) is 143 Å². The molecule has 1 heterocycles. The van der Waals surface area contributed by atoms with Gasteiger partial charge in [-0.1, -0.05) is 38.1 Å². The molecule has 37 heavy (non-hydrogen) atoms. The van der Waals surface area contributed by atoms with E-state index in [-0.39, 0.29) is 31.1 Å². The summed E-state index contributed by atoms with van der Waals surface area (Å²) in [5.74, 6) is 0.540. The van der Waals surface area contributed by atoms with Crippen molar-refractivity contribution >= 4 is 29.3 Å². The van der Waals surface area contributed by atoms with Crippen molar-refractivity contribution in [2.45, 2.75) is 45.6 Å². The third-order valence-electron chi connectivity index (χ3n) is 5.43. The number of aliphatic carboxylic acids is 1. The summed E-state index contributed by atoms with van der Waals surface area (Å²) >= 11 is 0. The van der Waals surface area contributed by atoms with Crippen molar-refractivity contribution in [1.29, 1.82) is 0 Å². The standard InChI is InChI=1S/C27H32N4O6/c1-17(2)14-22(26-28-16-20(37-26)12-13-25(33)34)30-24(32)15-18-8-10-19(11-9-18)29-27(35)31-21-6-4-5-7-23(21)36-3/h4-11,16-17,22H,12-15H2,1-3H3,(H,30,32)(H,33,34)(H2,29,31,35). The number of nitrogens with zero attached hydrogens (tertiary/aromatic N) is 1. The number of aryl methyl sites for hydroxylation is 1. The number of hydrogen-bond donors (Lipinski definition) is 4. The smallest absolute Gasteiger partial charge is 0.323 e. The monoisotopic (exact) mass is 508 g/mol. The van der Waals surface area contributed by atoms with Crippen LogP contribution in [0.5, 0.6) is 5.75 Å². The van der Waals surface area contributed by atoms with E-state index in [2.05, 4.69) is 20.9 Å². The summed E-state index contributed by atoms with van der Waals surface area (Å²) in [5, 5.41) is 17.3. The van der Waals surface area contributed by atoms with Gasteiger partial charge < -0.3 is 30.2 Å². The Morgan fingerprint density at radius 3 is 2.46 bits per heavy atom. The molecule has 0 saturated heterocycles. The minimum absolute atomic E-state index is 0.0528. The molecular formula is C27H32N4O6. The van der Waals surface area contributed by atoms with Crippen LogP contribution in [-0.2, 0) is 22.4 Å². The summed E-state index contributed by atoms with van der Waals surface area (Å²) in [6, 6.07) is 13.2. The van der Waals surface area contributed by atoms with Crippen LogP contribution in [0.2, 0.25) is 0 Å². The molecule has 1 unspecified atom stereocenters. The van der Waals surface area contributed by atoms with E-state index in [9.17, 15) is 14.4 Å². The van der Waals surface area contributed by atoms with Gasteiger partial charge in [0.25, 0.3) is 0 Å². The first kappa shape index (κ1) is 27.3. The first-order valence-corrected chi connectivity index (χ1v) is 12.0. The average Bonchev–Trinajstić information content (AvgIpc) is 3.33. The van der Waals surface area contributed by atoms with Gasteiger partial charge in [-0.3, -0.25) is 9.59 Å². The number of ether oxygens (including phenoxy) is 1. The van der Waals surface area contributed by atoms with Crippen molar-refractivity contribution < 1.29 is 28.6 Å². The molecule has 0 aliphatic carbocycles. The molecule has 3 amide bonds. The molecule has 10 nitrogen and oxygen atoms in total. The highest BCUT2D eigenvalue weighted by Crippen LogP contribution is 2.24. The number of hydrogen-bond acceptors (Lipinski definition) is 6. The lowest BCUT2D eigenvalue weighted by Gasteiger charge is -2.18. The first-order chi connectivity index (χ1) is 17.7. The zero-order chi connectivity index (χ0) is 26.8. The minimum Gasteiger partial charge on any atom is -0.495 e. The number of anilines is 2. The van der Waals surface area contributed by atoms with Gasteiger partial charge in [0.1, 0.15) is 17.6 Å². The number of carboxylic acids is 1.